The molecule has 2 aromatic heterocycles. The molecule has 0 saturated heterocycles. The maximum atomic E-state index is 4.42. The molecule has 17 heavy (non-hydrogen) atoms. The van der Waals surface area contributed by atoms with Crippen LogP contribution in [0.3, 0.4) is 0 Å². The number of hydrogen-bond acceptors (Lipinski definition) is 3. The molecular weight excluding hydrogens is 230 g/mol. The number of anilines is 1. The van der Waals surface area contributed by atoms with E-state index in [1.165, 1.54) is 31.2 Å². The first-order valence-electron chi connectivity index (χ1n) is 6.21. The standard InChI is InChI=1S/C13H17N3S/c1-2-4-12(3-1)16-7-6-14-13(16)15-9-11-5-8-17-10-11/h5-8,10,12H,1-4,9H2,(H,14,15). The minimum absolute atomic E-state index is 0.655. The Morgan fingerprint density at radius 3 is 3.06 bits per heavy atom. The molecule has 0 aromatic carbocycles. The summed E-state index contributed by atoms with van der Waals surface area (Å²) in [4.78, 5) is 4.42. The number of rotatable bonds is 4. The lowest BCUT2D eigenvalue weighted by Crippen LogP contribution is -2.10. The van der Waals surface area contributed by atoms with E-state index in [1.807, 2.05) is 6.20 Å². The predicted octanol–water partition coefficient (Wildman–Crippen LogP) is 3.67. The van der Waals surface area contributed by atoms with Gasteiger partial charge < -0.3 is 9.88 Å². The summed E-state index contributed by atoms with van der Waals surface area (Å²) in [6, 6.07) is 2.81. The van der Waals surface area contributed by atoms with Crippen LogP contribution < -0.4 is 5.32 Å². The quantitative estimate of drug-likeness (QED) is 0.893. The van der Waals surface area contributed by atoms with Crippen LogP contribution in [0.1, 0.15) is 37.3 Å². The Morgan fingerprint density at radius 1 is 1.41 bits per heavy atom. The molecule has 0 radical (unpaired) electrons. The van der Waals surface area contributed by atoms with E-state index >= 15 is 0 Å². The van der Waals surface area contributed by atoms with Crippen LogP contribution in [0, 0.1) is 0 Å². The lowest BCUT2D eigenvalue weighted by Gasteiger charge is -2.15. The monoisotopic (exact) mass is 247 g/mol. The Bertz CT molecular complexity index is 455. The van der Waals surface area contributed by atoms with Crippen molar-refractivity contribution >= 4 is 17.3 Å². The fourth-order valence-electron chi connectivity index (χ4n) is 2.50. The van der Waals surface area contributed by atoms with Crippen molar-refractivity contribution in [2.45, 2.75) is 38.3 Å². The van der Waals surface area contributed by atoms with Crippen molar-refractivity contribution < 1.29 is 0 Å². The average molecular weight is 247 g/mol. The Hall–Kier alpha value is -1.29. The van der Waals surface area contributed by atoms with Crippen molar-refractivity contribution in [2.75, 3.05) is 5.32 Å². The van der Waals surface area contributed by atoms with Crippen LogP contribution in [-0.2, 0) is 6.54 Å². The third-order valence-electron chi connectivity index (χ3n) is 3.42. The predicted molar refractivity (Wildman–Crippen MR) is 71.4 cm³/mol. The fraction of sp³-hybridized carbons (Fsp3) is 0.462. The molecule has 3 nitrogen and oxygen atoms in total. The summed E-state index contributed by atoms with van der Waals surface area (Å²) in [5.41, 5.74) is 1.33. The van der Waals surface area contributed by atoms with Crippen molar-refractivity contribution in [1.29, 1.82) is 0 Å². The maximum absolute atomic E-state index is 4.42. The summed E-state index contributed by atoms with van der Waals surface area (Å²) in [7, 11) is 0. The van der Waals surface area contributed by atoms with Gasteiger partial charge in [0.25, 0.3) is 0 Å². The van der Waals surface area contributed by atoms with Crippen molar-refractivity contribution in [3.05, 3.63) is 34.8 Å². The van der Waals surface area contributed by atoms with Gasteiger partial charge in [0.05, 0.1) is 0 Å². The summed E-state index contributed by atoms with van der Waals surface area (Å²) >= 11 is 1.74. The van der Waals surface area contributed by atoms with Crippen LogP contribution in [-0.4, -0.2) is 9.55 Å². The Balaban J connectivity index is 1.68. The summed E-state index contributed by atoms with van der Waals surface area (Å²) in [5.74, 6) is 1.02. The number of nitrogens with zero attached hydrogens (tertiary/aromatic N) is 2. The van der Waals surface area contributed by atoms with Gasteiger partial charge in [-0.3, -0.25) is 0 Å². The van der Waals surface area contributed by atoms with Crippen LogP contribution in [0.4, 0.5) is 5.95 Å². The Labute approximate surface area is 106 Å². The van der Waals surface area contributed by atoms with Crippen LogP contribution in [0.5, 0.6) is 0 Å². The summed E-state index contributed by atoms with van der Waals surface area (Å²) in [5, 5.41) is 7.72. The van der Waals surface area contributed by atoms with Gasteiger partial charge in [0.2, 0.25) is 5.95 Å². The van der Waals surface area contributed by atoms with E-state index in [0.717, 1.165) is 12.5 Å². The third kappa shape index (κ3) is 2.36. The van der Waals surface area contributed by atoms with Crippen LogP contribution in [0.2, 0.25) is 0 Å². The molecule has 1 N–H and O–H groups in total. The van der Waals surface area contributed by atoms with Gasteiger partial charge in [0, 0.05) is 25.0 Å². The molecular formula is C13H17N3S. The van der Waals surface area contributed by atoms with Crippen molar-refractivity contribution in [3.8, 4) is 0 Å². The number of thiophene rings is 1. The molecule has 3 rings (SSSR count). The molecule has 1 aliphatic carbocycles. The average Bonchev–Trinajstić information content (AvgIpc) is 3.09. The van der Waals surface area contributed by atoms with Crippen LogP contribution >= 0.6 is 11.3 Å². The molecule has 1 saturated carbocycles. The number of imidazole rings is 1. The number of hydrogen-bond donors (Lipinski definition) is 1. The highest BCUT2D eigenvalue weighted by atomic mass is 32.1. The lowest BCUT2D eigenvalue weighted by atomic mass is 10.2. The highest BCUT2D eigenvalue weighted by molar-refractivity contribution is 7.07. The Kier molecular flexibility index (Phi) is 3.14. The maximum Gasteiger partial charge on any atom is 0.203 e. The van der Waals surface area contributed by atoms with Gasteiger partial charge in [-0.1, -0.05) is 12.8 Å². The first-order chi connectivity index (χ1) is 8.43. The van der Waals surface area contributed by atoms with Gasteiger partial charge in [-0.15, -0.1) is 0 Å². The van der Waals surface area contributed by atoms with E-state index in [4.69, 9.17) is 0 Å². The minimum atomic E-state index is 0.655. The minimum Gasteiger partial charge on any atom is -0.352 e. The number of aromatic nitrogens is 2. The Morgan fingerprint density at radius 2 is 2.29 bits per heavy atom. The summed E-state index contributed by atoms with van der Waals surface area (Å²) in [6.45, 7) is 0.868. The van der Waals surface area contributed by atoms with Gasteiger partial charge in [0.15, 0.2) is 0 Å². The van der Waals surface area contributed by atoms with Crippen LogP contribution in [0.25, 0.3) is 0 Å². The second-order valence-electron chi connectivity index (χ2n) is 4.58. The first-order valence-corrected chi connectivity index (χ1v) is 7.15. The van der Waals surface area contributed by atoms with Gasteiger partial charge in [0.1, 0.15) is 0 Å². The van der Waals surface area contributed by atoms with Gasteiger partial charge in [-0.05, 0) is 35.2 Å². The molecule has 1 fully saturated rings. The molecule has 2 heterocycles. The largest absolute Gasteiger partial charge is 0.352 e. The van der Waals surface area contributed by atoms with E-state index in [2.05, 4.69) is 37.9 Å². The van der Waals surface area contributed by atoms with E-state index in [-0.39, 0.29) is 0 Å². The summed E-state index contributed by atoms with van der Waals surface area (Å²) in [6.07, 6.45) is 9.30. The molecule has 0 spiro atoms. The van der Waals surface area contributed by atoms with Crippen molar-refractivity contribution in [2.24, 2.45) is 0 Å². The van der Waals surface area contributed by atoms with E-state index < -0.39 is 0 Å². The normalized spacial score (nSPS) is 16.5. The fourth-order valence-corrected chi connectivity index (χ4v) is 3.17. The third-order valence-corrected chi connectivity index (χ3v) is 4.15. The molecule has 0 aliphatic heterocycles. The molecule has 0 atom stereocenters. The molecule has 1 aliphatic rings. The summed E-state index contributed by atoms with van der Waals surface area (Å²) < 4.78 is 2.30. The van der Waals surface area contributed by atoms with E-state index in [9.17, 15) is 0 Å². The molecule has 0 amide bonds. The number of nitrogens with one attached hydrogen (secondary N) is 1. The zero-order valence-electron chi connectivity index (χ0n) is 9.80. The SMILES string of the molecule is c1cn(C2CCCC2)c(NCc2ccsc2)n1. The highest BCUT2D eigenvalue weighted by Gasteiger charge is 2.18. The molecule has 90 valence electrons. The molecule has 0 bridgehead atoms. The van der Waals surface area contributed by atoms with Crippen molar-refractivity contribution in [3.63, 3.8) is 0 Å². The molecule has 2 aromatic rings. The second kappa shape index (κ2) is 4.92. The van der Waals surface area contributed by atoms with Gasteiger partial charge in [-0.25, -0.2) is 4.98 Å². The van der Waals surface area contributed by atoms with E-state index in [0.29, 0.717) is 6.04 Å². The second-order valence-corrected chi connectivity index (χ2v) is 5.36. The van der Waals surface area contributed by atoms with Crippen molar-refractivity contribution in [1.82, 2.24) is 9.55 Å². The van der Waals surface area contributed by atoms with Crippen LogP contribution in [0.15, 0.2) is 29.2 Å². The zero-order valence-corrected chi connectivity index (χ0v) is 10.6. The van der Waals surface area contributed by atoms with Gasteiger partial charge >= 0.3 is 0 Å². The first kappa shape index (κ1) is 10.8. The molecule has 4 heteroatoms. The zero-order chi connectivity index (χ0) is 11.5. The van der Waals surface area contributed by atoms with E-state index in [1.54, 1.807) is 11.3 Å². The molecule has 0 unspecified atom stereocenters. The topological polar surface area (TPSA) is 29.9 Å². The smallest absolute Gasteiger partial charge is 0.203 e. The van der Waals surface area contributed by atoms with Gasteiger partial charge in [-0.2, -0.15) is 11.3 Å². The lowest BCUT2D eigenvalue weighted by molar-refractivity contribution is 0.523. The highest BCUT2D eigenvalue weighted by Crippen LogP contribution is 2.31.